The zero-order valence-corrected chi connectivity index (χ0v) is 14.9. The van der Waals surface area contributed by atoms with E-state index < -0.39 is 0 Å². The molecule has 1 fully saturated rings. The Hall–Kier alpha value is -2.60. The molecule has 0 bridgehead atoms. The van der Waals surface area contributed by atoms with Crippen molar-refractivity contribution in [1.82, 2.24) is 4.90 Å². The molecule has 2 aliphatic heterocycles. The summed E-state index contributed by atoms with van der Waals surface area (Å²) in [6.07, 6.45) is 0.671. The van der Waals surface area contributed by atoms with Gasteiger partial charge in [-0.05, 0) is 35.5 Å². The van der Waals surface area contributed by atoms with Crippen molar-refractivity contribution < 1.29 is 14.3 Å². The fourth-order valence-corrected chi connectivity index (χ4v) is 3.89. The zero-order valence-electron chi connectivity index (χ0n) is 14.1. The summed E-state index contributed by atoms with van der Waals surface area (Å²) >= 11 is 5.64. The highest BCUT2D eigenvalue weighted by molar-refractivity contribution is 7.80. The van der Waals surface area contributed by atoms with Crippen LogP contribution in [0.2, 0.25) is 0 Å². The summed E-state index contributed by atoms with van der Waals surface area (Å²) in [5.41, 5.74) is 3.08. The number of nitrogens with zero attached hydrogens (tertiary/aromatic N) is 2. The number of anilines is 1. The number of amides is 1. The van der Waals surface area contributed by atoms with Crippen LogP contribution in [0.1, 0.15) is 11.1 Å². The Morgan fingerprint density at radius 3 is 2.56 bits per heavy atom. The molecule has 2 aromatic carbocycles. The normalized spacial score (nSPS) is 18.9. The number of hydrogen-bond acceptors (Lipinski definition) is 4. The van der Waals surface area contributed by atoms with Gasteiger partial charge in [0.05, 0.1) is 19.9 Å². The SMILES string of the molecule is COc1ccc(N2C(=O)[C@@H]3Cc4ccccc4CN3C2=S)c(OC)c1. The topological polar surface area (TPSA) is 42.0 Å². The summed E-state index contributed by atoms with van der Waals surface area (Å²) in [6, 6.07) is 13.3. The molecule has 0 spiro atoms. The van der Waals surface area contributed by atoms with Gasteiger partial charge in [0.2, 0.25) is 0 Å². The minimum atomic E-state index is -0.255. The molecule has 0 saturated carbocycles. The molecule has 0 aromatic heterocycles. The van der Waals surface area contributed by atoms with Crippen LogP contribution in [0, 0.1) is 0 Å². The minimum Gasteiger partial charge on any atom is -0.497 e. The van der Waals surface area contributed by atoms with Gasteiger partial charge in [-0.2, -0.15) is 0 Å². The molecule has 1 amide bonds. The van der Waals surface area contributed by atoms with E-state index in [0.717, 1.165) is 0 Å². The highest BCUT2D eigenvalue weighted by atomic mass is 32.1. The number of methoxy groups -OCH3 is 2. The molecule has 128 valence electrons. The van der Waals surface area contributed by atoms with Crippen LogP contribution in [0.15, 0.2) is 42.5 Å². The Labute approximate surface area is 151 Å². The molecule has 6 heteroatoms. The summed E-state index contributed by atoms with van der Waals surface area (Å²) in [5.74, 6) is 1.22. The second-order valence-electron chi connectivity index (χ2n) is 6.11. The molecule has 0 aliphatic carbocycles. The first-order chi connectivity index (χ1) is 12.1. The molecule has 2 aliphatic rings. The van der Waals surface area contributed by atoms with Gasteiger partial charge in [-0.25, -0.2) is 0 Å². The van der Waals surface area contributed by atoms with E-state index in [4.69, 9.17) is 21.7 Å². The van der Waals surface area contributed by atoms with Crippen molar-refractivity contribution in [2.75, 3.05) is 19.1 Å². The van der Waals surface area contributed by atoms with E-state index in [1.807, 2.05) is 23.1 Å². The van der Waals surface area contributed by atoms with E-state index in [9.17, 15) is 4.79 Å². The van der Waals surface area contributed by atoms with Crippen molar-refractivity contribution in [3.05, 3.63) is 53.6 Å². The van der Waals surface area contributed by atoms with Gasteiger partial charge >= 0.3 is 0 Å². The molecule has 0 N–H and O–H groups in total. The second-order valence-corrected chi connectivity index (χ2v) is 6.48. The van der Waals surface area contributed by atoms with Crippen LogP contribution in [-0.4, -0.2) is 36.2 Å². The van der Waals surface area contributed by atoms with Gasteiger partial charge in [0.15, 0.2) is 5.11 Å². The average Bonchev–Trinajstić information content (AvgIpc) is 2.89. The summed E-state index contributed by atoms with van der Waals surface area (Å²) in [6.45, 7) is 0.653. The standard InChI is InChI=1S/C19H18N2O3S/c1-23-14-7-8-15(17(10-14)24-2)21-18(22)16-9-12-5-3-4-6-13(12)11-20(16)19(21)25/h3-8,10,16H,9,11H2,1-2H3/t16-/m0/s1. The fourth-order valence-electron chi connectivity index (χ4n) is 3.51. The predicted octanol–water partition coefficient (Wildman–Crippen LogP) is 2.76. The molecular weight excluding hydrogens is 336 g/mol. The van der Waals surface area contributed by atoms with E-state index in [0.29, 0.717) is 35.3 Å². The van der Waals surface area contributed by atoms with E-state index in [1.165, 1.54) is 11.1 Å². The van der Waals surface area contributed by atoms with Crippen molar-refractivity contribution in [2.45, 2.75) is 19.0 Å². The molecule has 1 atom stereocenters. The van der Waals surface area contributed by atoms with Crippen molar-refractivity contribution in [1.29, 1.82) is 0 Å². The lowest BCUT2D eigenvalue weighted by atomic mass is 9.95. The Morgan fingerprint density at radius 2 is 1.84 bits per heavy atom. The molecule has 2 heterocycles. The van der Waals surface area contributed by atoms with Gasteiger partial charge in [0.25, 0.3) is 5.91 Å². The maximum atomic E-state index is 13.1. The molecule has 5 nitrogen and oxygen atoms in total. The number of carbonyl (C=O) groups excluding carboxylic acids is 1. The van der Waals surface area contributed by atoms with Crippen LogP contribution >= 0.6 is 12.2 Å². The highest BCUT2D eigenvalue weighted by Gasteiger charge is 2.46. The number of fused-ring (bicyclic) bond motifs is 2. The molecule has 1 saturated heterocycles. The first kappa shape index (κ1) is 15.9. The zero-order chi connectivity index (χ0) is 17.6. The Balaban J connectivity index is 1.72. The maximum absolute atomic E-state index is 13.1. The number of thiocarbonyl (C=S) groups is 1. The Kier molecular flexibility index (Phi) is 3.84. The molecule has 2 aromatic rings. The average molecular weight is 354 g/mol. The second kappa shape index (κ2) is 6.04. The number of hydrogen-bond donors (Lipinski definition) is 0. The van der Waals surface area contributed by atoms with E-state index >= 15 is 0 Å². The third-order valence-electron chi connectivity index (χ3n) is 4.82. The third-order valence-corrected chi connectivity index (χ3v) is 5.24. The van der Waals surface area contributed by atoms with Crippen molar-refractivity contribution in [3.8, 4) is 11.5 Å². The van der Waals surface area contributed by atoms with Crippen molar-refractivity contribution in [3.63, 3.8) is 0 Å². The van der Waals surface area contributed by atoms with Crippen LogP contribution in [-0.2, 0) is 17.8 Å². The number of ether oxygens (including phenoxy) is 2. The third kappa shape index (κ3) is 2.44. The van der Waals surface area contributed by atoms with Crippen LogP contribution in [0.25, 0.3) is 0 Å². The van der Waals surface area contributed by atoms with Crippen LogP contribution in [0.3, 0.4) is 0 Å². The first-order valence-electron chi connectivity index (χ1n) is 8.07. The quantitative estimate of drug-likeness (QED) is 0.793. The largest absolute Gasteiger partial charge is 0.497 e. The number of carbonyl (C=O) groups is 1. The minimum absolute atomic E-state index is 0.0111. The molecular formula is C19H18N2O3S. The summed E-state index contributed by atoms with van der Waals surface area (Å²) in [5, 5.41) is 0.521. The Morgan fingerprint density at radius 1 is 1.08 bits per heavy atom. The van der Waals surface area contributed by atoms with Gasteiger partial charge in [-0.3, -0.25) is 9.69 Å². The lowest BCUT2D eigenvalue weighted by Gasteiger charge is -2.30. The number of benzene rings is 2. The highest BCUT2D eigenvalue weighted by Crippen LogP contribution is 2.38. The van der Waals surface area contributed by atoms with E-state index in [-0.39, 0.29) is 11.9 Å². The first-order valence-corrected chi connectivity index (χ1v) is 8.48. The molecule has 0 unspecified atom stereocenters. The van der Waals surface area contributed by atoms with Crippen LogP contribution in [0.4, 0.5) is 5.69 Å². The van der Waals surface area contributed by atoms with Gasteiger partial charge in [-0.15, -0.1) is 0 Å². The predicted molar refractivity (Wildman–Crippen MR) is 99.1 cm³/mol. The Bertz CT molecular complexity index is 824. The molecule has 4 rings (SSSR count). The smallest absolute Gasteiger partial charge is 0.256 e. The van der Waals surface area contributed by atoms with Crippen molar-refractivity contribution in [2.24, 2.45) is 0 Å². The monoisotopic (exact) mass is 354 g/mol. The van der Waals surface area contributed by atoms with Crippen molar-refractivity contribution >= 4 is 28.9 Å². The van der Waals surface area contributed by atoms with Gasteiger partial charge in [-0.1, -0.05) is 24.3 Å². The maximum Gasteiger partial charge on any atom is 0.256 e. The molecule has 25 heavy (non-hydrogen) atoms. The fraction of sp³-hybridized carbons (Fsp3) is 0.263. The number of rotatable bonds is 3. The van der Waals surface area contributed by atoms with Gasteiger partial charge in [0, 0.05) is 19.0 Å². The molecule has 0 radical (unpaired) electrons. The van der Waals surface area contributed by atoms with Gasteiger partial charge in [0.1, 0.15) is 17.5 Å². The lowest BCUT2D eigenvalue weighted by Crippen LogP contribution is -2.39. The van der Waals surface area contributed by atoms with Crippen LogP contribution in [0.5, 0.6) is 11.5 Å². The van der Waals surface area contributed by atoms with E-state index in [2.05, 4.69) is 12.1 Å². The van der Waals surface area contributed by atoms with E-state index in [1.54, 1.807) is 31.3 Å². The van der Waals surface area contributed by atoms with Crippen LogP contribution < -0.4 is 14.4 Å². The lowest BCUT2D eigenvalue weighted by molar-refractivity contribution is -0.120. The summed E-state index contributed by atoms with van der Waals surface area (Å²) < 4.78 is 10.7. The summed E-state index contributed by atoms with van der Waals surface area (Å²) in [7, 11) is 3.17. The van der Waals surface area contributed by atoms with Gasteiger partial charge < -0.3 is 14.4 Å². The summed E-state index contributed by atoms with van der Waals surface area (Å²) in [4.78, 5) is 16.7.